The second-order valence-electron chi connectivity index (χ2n) is 7.45. The molecule has 0 amide bonds. The summed E-state index contributed by atoms with van der Waals surface area (Å²) in [5.74, 6) is 2.63. The summed E-state index contributed by atoms with van der Waals surface area (Å²) in [4.78, 5) is 0. The summed E-state index contributed by atoms with van der Waals surface area (Å²) in [5, 5.41) is 10.3. The lowest BCUT2D eigenvalue weighted by molar-refractivity contribution is 0.398. The van der Waals surface area contributed by atoms with Gasteiger partial charge in [-0.05, 0) is 44.2 Å². The van der Waals surface area contributed by atoms with Crippen molar-refractivity contribution in [3.05, 3.63) is 11.6 Å². The van der Waals surface area contributed by atoms with Crippen molar-refractivity contribution in [3.63, 3.8) is 0 Å². The summed E-state index contributed by atoms with van der Waals surface area (Å²) >= 11 is 0. The molecular formula is C21H44N2. The Labute approximate surface area is 147 Å². The zero-order valence-electron chi connectivity index (χ0n) is 17.2. The number of hydrogen-bond acceptors (Lipinski definition) is 2. The van der Waals surface area contributed by atoms with Gasteiger partial charge in [0.15, 0.2) is 0 Å². The summed E-state index contributed by atoms with van der Waals surface area (Å²) in [6, 6.07) is 0. The van der Waals surface area contributed by atoms with Gasteiger partial charge < -0.3 is 10.7 Å². The number of rotatable bonds is 11. The van der Waals surface area contributed by atoms with Gasteiger partial charge in [0.25, 0.3) is 0 Å². The molecule has 0 heterocycles. The van der Waals surface area contributed by atoms with Crippen molar-refractivity contribution in [1.82, 2.24) is 5.32 Å². The molecule has 2 heteroatoms. The van der Waals surface area contributed by atoms with Crippen molar-refractivity contribution in [2.45, 2.75) is 81.1 Å². The van der Waals surface area contributed by atoms with E-state index in [1.807, 2.05) is 0 Å². The zero-order valence-corrected chi connectivity index (χ0v) is 17.2. The molecule has 0 aliphatic heterocycles. The molecule has 0 radical (unpaired) electrons. The van der Waals surface area contributed by atoms with Crippen LogP contribution >= 0.6 is 0 Å². The van der Waals surface area contributed by atoms with E-state index in [0.29, 0.717) is 5.92 Å². The summed E-state index contributed by atoms with van der Waals surface area (Å²) < 4.78 is 0. The molecule has 0 aliphatic rings. The van der Waals surface area contributed by atoms with E-state index in [1.165, 1.54) is 37.5 Å². The van der Waals surface area contributed by atoms with Crippen molar-refractivity contribution in [2.24, 2.45) is 23.7 Å². The third-order valence-corrected chi connectivity index (χ3v) is 4.40. The van der Waals surface area contributed by atoms with Gasteiger partial charge in [-0.2, -0.15) is 0 Å². The summed E-state index contributed by atoms with van der Waals surface area (Å²) in [6.45, 7) is 20.0. The maximum atomic E-state index is 7.24. The van der Waals surface area contributed by atoms with E-state index in [9.17, 15) is 0 Å². The van der Waals surface area contributed by atoms with Gasteiger partial charge in [0, 0.05) is 12.1 Å². The van der Waals surface area contributed by atoms with Gasteiger partial charge in [-0.1, -0.05) is 79.4 Å². The predicted molar refractivity (Wildman–Crippen MR) is 108 cm³/mol. The lowest BCUT2D eigenvalue weighted by Gasteiger charge is -2.17. The standard InChI is InChI=1S/C17H33N.C4H11N/c1-13(2)7-8-14(3)9-10-16(5)17(6)11-15(4)12-18;1-3-5-4-2/h11-16,18H,7-10H2,1-6H3;5H,3-4H2,1-2H3/b17-11+,18-12?;. The Balaban J connectivity index is 0. The molecule has 0 saturated heterocycles. The van der Waals surface area contributed by atoms with Gasteiger partial charge in [0.05, 0.1) is 0 Å². The van der Waals surface area contributed by atoms with Crippen LogP contribution in [0, 0.1) is 29.1 Å². The van der Waals surface area contributed by atoms with Crippen LogP contribution in [0.1, 0.15) is 81.1 Å². The third kappa shape index (κ3) is 17.6. The van der Waals surface area contributed by atoms with Crippen LogP contribution in [0.25, 0.3) is 0 Å². The highest BCUT2D eigenvalue weighted by Crippen LogP contribution is 2.23. The SMILES string of the molecule is C/C(=C\C(C)C=N)C(C)CCC(C)CCC(C)C.CCNCC. The van der Waals surface area contributed by atoms with E-state index >= 15 is 0 Å². The minimum Gasteiger partial charge on any atom is -0.317 e. The van der Waals surface area contributed by atoms with Crippen molar-refractivity contribution < 1.29 is 0 Å². The fourth-order valence-corrected chi connectivity index (χ4v) is 2.40. The molecule has 0 rings (SSSR count). The topological polar surface area (TPSA) is 35.9 Å². The maximum absolute atomic E-state index is 7.24. The Morgan fingerprint density at radius 1 is 0.913 bits per heavy atom. The van der Waals surface area contributed by atoms with E-state index in [0.717, 1.165) is 24.9 Å². The summed E-state index contributed by atoms with van der Waals surface area (Å²) in [5.41, 5.74) is 1.45. The van der Waals surface area contributed by atoms with E-state index in [4.69, 9.17) is 5.41 Å². The van der Waals surface area contributed by atoms with E-state index in [1.54, 1.807) is 0 Å². The van der Waals surface area contributed by atoms with Gasteiger partial charge >= 0.3 is 0 Å². The Kier molecular flexibility index (Phi) is 17.4. The third-order valence-electron chi connectivity index (χ3n) is 4.40. The van der Waals surface area contributed by atoms with Crippen LogP contribution in [0.4, 0.5) is 0 Å². The second kappa shape index (κ2) is 16.2. The molecule has 3 unspecified atom stereocenters. The molecule has 2 nitrogen and oxygen atoms in total. The van der Waals surface area contributed by atoms with Gasteiger partial charge in [-0.25, -0.2) is 0 Å². The molecule has 23 heavy (non-hydrogen) atoms. The lowest BCUT2D eigenvalue weighted by Crippen LogP contribution is -2.09. The van der Waals surface area contributed by atoms with Crippen molar-refractivity contribution >= 4 is 6.21 Å². The highest BCUT2D eigenvalue weighted by Gasteiger charge is 2.09. The number of allylic oxidation sites excluding steroid dienone is 2. The van der Waals surface area contributed by atoms with Gasteiger partial charge in [-0.3, -0.25) is 0 Å². The molecule has 0 saturated carbocycles. The Bertz CT molecular complexity index is 292. The molecule has 0 aromatic heterocycles. The monoisotopic (exact) mass is 324 g/mol. The van der Waals surface area contributed by atoms with Gasteiger partial charge in [-0.15, -0.1) is 0 Å². The first-order chi connectivity index (χ1) is 10.8. The van der Waals surface area contributed by atoms with Crippen molar-refractivity contribution in [3.8, 4) is 0 Å². The largest absolute Gasteiger partial charge is 0.317 e. The minimum absolute atomic E-state index is 0.283. The normalized spacial score (nSPS) is 15.6. The molecule has 0 aliphatic carbocycles. The first-order valence-corrected chi connectivity index (χ1v) is 9.67. The first-order valence-electron chi connectivity index (χ1n) is 9.67. The van der Waals surface area contributed by atoms with Crippen molar-refractivity contribution in [1.29, 1.82) is 5.41 Å². The van der Waals surface area contributed by atoms with Gasteiger partial charge in [0.2, 0.25) is 0 Å². The number of hydrogen-bond donors (Lipinski definition) is 2. The van der Waals surface area contributed by atoms with Crippen LogP contribution in [-0.2, 0) is 0 Å². The average molecular weight is 325 g/mol. The van der Waals surface area contributed by atoms with Crippen molar-refractivity contribution in [2.75, 3.05) is 13.1 Å². The second-order valence-corrected chi connectivity index (χ2v) is 7.45. The molecule has 0 bridgehead atoms. The van der Waals surface area contributed by atoms with E-state index in [2.05, 4.69) is 66.8 Å². The molecule has 0 spiro atoms. The Hall–Kier alpha value is -0.630. The number of nitrogens with one attached hydrogen (secondary N) is 2. The molecule has 0 aromatic rings. The fourth-order valence-electron chi connectivity index (χ4n) is 2.40. The van der Waals surface area contributed by atoms with E-state index < -0.39 is 0 Å². The van der Waals surface area contributed by atoms with Crippen LogP contribution in [0.3, 0.4) is 0 Å². The van der Waals surface area contributed by atoms with Crippen LogP contribution < -0.4 is 5.32 Å². The fraction of sp³-hybridized carbons (Fsp3) is 0.857. The predicted octanol–water partition coefficient (Wildman–Crippen LogP) is 6.32. The molecule has 138 valence electrons. The molecule has 0 aromatic carbocycles. The Morgan fingerprint density at radius 2 is 1.43 bits per heavy atom. The summed E-state index contributed by atoms with van der Waals surface area (Å²) in [6.07, 6.45) is 9.08. The smallest absolute Gasteiger partial charge is 0.00891 e. The molecule has 0 fully saturated rings. The van der Waals surface area contributed by atoms with Gasteiger partial charge in [0.1, 0.15) is 0 Å². The highest BCUT2D eigenvalue weighted by atomic mass is 14.8. The minimum atomic E-state index is 0.283. The maximum Gasteiger partial charge on any atom is 0.00891 e. The molecule has 3 atom stereocenters. The van der Waals surface area contributed by atoms with Crippen LogP contribution in [0.15, 0.2) is 11.6 Å². The van der Waals surface area contributed by atoms with Crippen LogP contribution in [-0.4, -0.2) is 19.3 Å². The van der Waals surface area contributed by atoms with Crippen LogP contribution in [0.5, 0.6) is 0 Å². The average Bonchev–Trinajstić information content (AvgIpc) is 2.51. The Morgan fingerprint density at radius 3 is 1.83 bits per heavy atom. The highest BCUT2D eigenvalue weighted by molar-refractivity contribution is 5.59. The van der Waals surface area contributed by atoms with E-state index in [-0.39, 0.29) is 5.92 Å². The zero-order chi connectivity index (χ0) is 18.3. The quantitative estimate of drug-likeness (QED) is 0.338. The first kappa shape index (κ1) is 24.6. The summed E-state index contributed by atoms with van der Waals surface area (Å²) in [7, 11) is 0. The molecule has 2 N–H and O–H groups in total. The molecular weight excluding hydrogens is 280 g/mol. The lowest BCUT2D eigenvalue weighted by atomic mass is 9.89. The van der Waals surface area contributed by atoms with Crippen LogP contribution in [0.2, 0.25) is 0 Å².